The van der Waals surface area contributed by atoms with E-state index in [1.807, 2.05) is 0 Å². The fraction of sp³-hybridized carbons (Fsp3) is 0.556. The number of fused-ring (bicyclic) bond motifs is 3. The molecule has 0 unspecified atom stereocenters. The normalized spacial score (nSPS) is 33.2. The third-order valence-corrected chi connectivity index (χ3v) is 6.54. The van der Waals surface area contributed by atoms with Crippen LogP contribution in [0.1, 0.15) is 0 Å². The van der Waals surface area contributed by atoms with Gasteiger partial charge in [-0.05, 0) is 0 Å². The molecule has 8 nitrogen and oxygen atoms in total. The molecule has 0 aliphatic carbocycles. The summed E-state index contributed by atoms with van der Waals surface area (Å²) in [6.07, 6.45) is 5.36. The summed E-state index contributed by atoms with van der Waals surface area (Å²) in [5.41, 5.74) is 0. The fourth-order valence-electron chi connectivity index (χ4n) is 4.54. The van der Waals surface area contributed by atoms with Crippen molar-refractivity contribution in [2.24, 2.45) is 0 Å². The molecule has 5 rings (SSSR count). The average Bonchev–Trinajstić information content (AvgIpc) is 3.15. The Morgan fingerprint density at radius 3 is 1.12 bits per heavy atom. The first kappa shape index (κ1) is 17.1. The largest absolute Gasteiger partial charge is 0.308 e. The molecule has 3 fully saturated rings. The van der Waals surface area contributed by atoms with E-state index >= 15 is 0 Å². The van der Waals surface area contributed by atoms with Gasteiger partial charge in [-0.15, -0.1) is 0 Å². The number of hydrogen-bond acceptors (Lipinski definition) is 4. The van der Waals surface area contributed by atoms with Gasteiger partial charge in [0.05, 0.1) is 26.2 Å². The maximum absolute atomic E-state index is 11.7. The van der Waals surface area contributed by atoms with Gasteiger partial charge in [0, 0.05) is 24.3 Å². The van der Waals surface area contributed by atoms with Gasteiger partial charge in [-0.2, -0.15) is 0 Å². The number of imide groups is 2. The summed E-state index contributed by atoms with van der Waals surface area (Å²) < 4.78 is 1.92. The molecule has 8 heteroatoms. The Hall–Kier alpha value is -2.32. The molecule has 0 aromatic rings. The van der Waals surface area contributed by atoms with E-state index in [1.54, 1.807) is 0 Å². The molecule has 0 atom stereocenters. The summed E-state index contributed by atoms with van der Waals surface area (Å²) in [6.45, 7) is 8.69. The second kappa shape index (κ2) is 6.14. The average molecular weight is 360 g/mol. The Bertz CT molecular complexity index is 619. The van der Waals surface area contributed by atoms with Gasteiger partial charge in [0.15, 0.2) is 0 Å². The van der Waals surface area contributed by atoms with E-state index in [4.69, 9.17) is 0 Å². The van der Waals surface area contributed by atoms with Crippen LogP contribution in [0.15, 0.2) is 24.3 Å². The SMILES string of the molecule is O=C1C=CC(=O)N1CC[N+]12CC[N+](CCN3C(=O)C=CC3=O)(CC1)CC2. The van der Waals surface area contributed by atoms with Gasteiger partial charge in [0.2, 0.25) is 0 Å². The first-order chi connectivity index (χ1) is 12.4. The minimum atomic E-state index is -0.207. The predicted molar refractivity (Wildman–Crippen MR) is 91.2 cm³/mol. The quantitative estimate of drug-likeness (QED) is 0.427. The predicted octanol–water partition coefficient (Wildman–Crippen LogP) is -1.50. The van der Waals surface area contributed by atoms with Crippen molar-refractivity contribution in [2.45, 2.75) is 0 Å². The molecular weight excluding hydrogens is 336 g/mol. The molecular formula is C18H24N4O4+2. The van der Waals surface area contributed by atoms with Gasteiger partial charge in [-0.3, -0.25) is 29.0 Å². The summed E-state index contributed by atoms with van der Waals surface area (Å²) in [7, 11) is 0. The number of hydrogen-bond donors (Lipinski definition) is 0. The molecule has 3 saturated heterocycles. The topological polar surface area (TPSA) is 74.8 Å². The molecule has 0 aromatic carbocycles. The molecule has 2 bridgehead atoms. The van der Waals surface area contributed by atoms with Crippen LogP contribution in [-0.4, -0.2) is 108 Å². The monoisotopic (exact) mass is 360 g/mol. The lowest BCUT2D eigenvalue weighted by atomic mass is 10.1. The Morgan fingerprint density at radius 2 is 0.846 bits per heavy atom. The summed E-state index contributed by atoms with van der Waals surface area (Å²) in [5, 5.41) is 0. The van der Waals surface area contributed by atoms with Crippen LogP contribution >= 0.6 is 0 Å². The lowest BCUT2D eigenvalue weighted by molar-refractivity contribution is -1.08. The molecule has 0 radical (unpaired) electrons. The summed E-state index contributed by atoms with van der Waals surface area (Å²) in [5.74, 6) is -0.830. The highest BCUT2D eigenvalue weighted by Crippen LogP contribution is 2.27. The molecule has 138 valence electrons. The first-order valence-electron chi connectivity index (χ1n) is 9.19. The highest BCUT2D eigenvalue weighted by molar-refractivity contribution is 6.13. The van der Waals surface area contributed by atoms with Crippen molar-refractivity contribution in [3.8, 4) is 0 Å². The maximum Gasteiger partial charge on any atom is 0.253 e. The molecule has 0 aromatic heterocycles. The molecule has 4 amide bonds. The van der Waals surface area contributed by atoms with E-state index in [2.05, 4.69) is 0 Å². The summed E-state index contributed by atoms with van der Waals surface area (Å²) >= 11 is 0. The van der Waals surface area contributed by atoms with Crippen LogP contribution in [0.5, 0.6) is 0 Å². The summed E-state index contributed by atoms with van der Waals surface area (Å²) in [6, 6.07) is 0. The van der Waals surface area contributed by atoms with Crippen LogP contribution in [0.2, 0.25) is 0 Å². The minimum Gasteiger partial charge on any atom is -0.308 e. The lowest BCUT2D eigenvalue weighted by Gasteiger charge is -2.56. The van der Waals surface area contributed by atoms with E-state index in [0.29, 0.717) is 13.1 Å². The summed E-state index contributed by atoms with van der Waals surface area (Å²) in [4.78, 5) is 49.5. The molecule has 0 saturated carbocycles. The zero-order valence-corrected chi connectivity index (χ0v) is 14.8. The smallest absolute Gasteiger partial charge is 0.253 e. The number of rotatable bonds is 6. The van der Waals surface area contributed by atoms with Crippen LogP contribution in [0.25, 0.3) is 0 Å². The third kappa shape index (κ3) is 2.89. The van der Waals surface area contributed by atoms with Crippen molar-refractivity contribution in [3.63, 3.8) is 0 Å². The molecule has 0 spiro atoms. The van der Waals surface area contributed by atoms with Gasteiger partial charge in [0.25, 0.3) is 23.6 Å². The van der Waals surface area contributed by atoms with Crippen molar-refractivity contribution >= 4 is 23.6 Å². The Balaban J connectivity index is 1.30. The molecule has 26 heavy (non-hydrogen) atoms. The third-order valence-electron chi connectivity index (χ3n) is 6.54. The zero-order valence-electron chi connectivity index (χ0n) is 14.8. The van der Waals surface area contributed by atoms with Crippen molar-refractivity contribution < 1.29 is 28.1 Å². The Labute approximate surface area is 152 Å². The number of amides is 4. The second-order valence-electron chi connectivity index (χ2n) is 7.80. The van der Waals surface area contributed by atoms with Crippen molar-refractivity contribution in [1.29, 1.82) is 0 Å². The van der Waals surface area contributed by atoms with Gasteiger partial charge in [0.1, 0.15) is 39.3 Å². The maximum atomic E-state index is 11.7. The highest BCUT2D eigenvalue weighted by atomic mass is 16.2. The lowest BCUT2D eigenvalue weighted by Crippen LogP contribution is -2.76. The van der Waals surface area contributed by atoms with Gasteiger partial charge < -0.3 is 8.97 Å². The number of piperazine rings is 3. The molecule has 5 aliphatic heterocycles. The molecule has 5 aliphatic rings. The Kier molecular flexibility index (Phi) is 4.04. The van der Waals surface area contributed by atoms with E-state index < -0.39 is 0 Å². The van der Waals surface area contributed by atoms with E-state index in [1.165, 1.54) is 34.1 Å². The standard InChI is InChI=1S/C18H24N4O4/c23-15-1-2-16(24)19(15)5-7-21-9-12-22(13-10-21,14-11-21)8-6-20-17(25)3-4-18(20)26/h1-4H,5-14H2/q+2. The van der Waals surface area contributed by atoms with Crippen molar-refractivity contribution in [1.82, 2.24) is 9.80 Å². The van der Waals surface area contributed by atoms with Crippen molar-refractivity contribution in [2.75, 3.05) is 65.4 Å². The van der Waals surface area contributed by atoms with Gasteiger partial charge in [-0.1, -0.05) is 0 Å². The van der Waals surface area contributed by atoms with Crippen LogP contribution < -0.4 is 0 Å². The van der Waals surface area contributed by atoms with E-state index in [9.17, 15) is 19.2 Å². The van der Waals surface area contributed by atoms with Crippen LogP contribution in [0, 0.1) is 0 Å². The fourth-order valence-corrected chi connectivity index (χ4v) is 4.54. The second-order valence-corrected chi connectivity index (χ2v) is 7.80. The molecule has 0 N–H and O–H groups in total. The van der Waals surface area contributed by atoms with Crippen molar-refractivity contribution in [3.05, 3.63) is 24.3 Å². The number of carbonyl (C=O) groups excluding carboxylic acids is 4. The van der Waals surface area contributed by atoms with E-state index in [-0.39, 0.29) is 23.6 Å². The minimum absolute atomic E-state index is 0.207. The number of nitrogens with zero attached hydrogens (tertiary/aromatic N) is 4. The van der Waals surface area contributed by atoms with Crippen LogP contribution in [-0.2, 0) is 19.2 Å². The zero-order chi connectivity index (χ0) is 18.4. The number of quaternary nitrogens is 2. The highest BCUT2D eigenvalue weighted by Gasteiger charge is 2.49. The Morgan fingerprint density at radius 1 is 0.577 bits per heavy atom. The number of carbonyl (C=O) groups is 4. The van der Waals surface area contributed by atoms with Crippen LogP contribution in [0.3, 0.4) is 0 Å². The first-order valence-corrected chi connectivity index (χ1v) is 9.19. The van der Waals surface area contributed by atoms with Gasteiger partial charge in [-0.25, -0.2) is 0 Å². The van der Waals surface area contributed by atoms with E-state index in [0.717, 1.165) is 61.3 Å². The molecule has 5 heterocycles. The van der Waals surface area contributed by atoms with Gasteiger partial charge >= 0.3 is 0 Å². The van der Waals surface area contributed by atoms with Crippen LogP contribution in [0.4, 0.5) is 0 Å².